The van der Waals surface area contributed by atoms with E-state index in [9.17, 15) is 9.18 Å². The summed E-state index contributed by atoms with van der Waals surface area (Å²) in [5.74, 6) is -0.118. The third-order valence-electron chi connectivity index (χ3n) is 2.87. The fourth-order valence-electron chi connectivity index (χ4n) is 1.72. The quantitative estimate of drug-likeness (QED) is 0.641. The highest BCUT2D eigenvalue weighted by molar-refractivity contribution is 5.83. The Morgan fingerprint density at radius 3 is 2.83 bits per heavy atom. The first-order valence-electron chi connectivity index (χ1n) is 7.18. The molecule has 2 rings (SSSR count). The zero-order chi connectivity index (χ0) is 17.5. The van der Waals surface area contributed by atoms with Crippen molar-refractivity contribution in [1.29, 1.82) is 0 Å². The van der Waals surface area contributed by atoms with Gasteiger partial charge in [-0.25, -0.2) is 14.8 Å². The number of aryl methyl sites for hydroxylation is 1. The third-order valence-corrected chi connectivity index (χ3v) is 2.87. The van der Waals surface area contributed by atoms with Gasteiger partial charge in [-0.15, -0.1) is 0 Å². The first kappa shape index (κ1) is 17.3. The monoisotopic (exact) mass is 331 g/mol. The maximum atomic E-state index is 13.4. The van der Waals surface area contributed by atoms with Crippen LogP contribution in [0.25, 0.3) is 0 Å². The molecule has 0 saturated heterocycles. The number of rotatable bonds is 6. The summed E-state index contributed by atoms with van der Waals surface area (Å²) in [5.41, 5.74) is 3.27. The molecular formula is C16H18FN5O2. The van der Waals surface area contributed by atoms with E-state index >= 15 is 0 Å². The summed E-state index contributed by atoms with van der Waals surface area (Å²) in [4.78, 5) is 21.8. The molecule has 0 bridgehead atoms. The topological polar surface area (TPSA) is 79.7 Å². The van der Waals surface area contributed by atoms with E-state index in [0.717, 1.165) is 5.69 Å². The van der Waals surface area contributed by atoms with E-state index in [2.05, 4.69) is 20.5 Å². The normalized spacial score (nSPS) is 10.7. The highest BCUT2D eigenvalue weighted by atomic mass is 19.1. The molecule has 1 aromatic carbocycles. The number of aromatic nitrogens is 2. The predicted octanol–water partition coefficient (Wildman–Crippen LogP) is 1.52. The zero-order valence-corrected chi connectivity index (χ0v) is 13.7. The smallest absolute Gasteiger partial charge is 0.278 e. The van der Waals surface area contributed by atoms with Crippen LogP contribution in [-0.4, -0.2) is 42.8 Å². The Hall–Kier alpha value is -3.03. The van der Waals surface area contributed by atoms with Gasteiger partial charge in [0.25, 0.3) is 5.91 Å². The number of carbonyl (C=O) groups excluding carboxylic acids is 1. The van der Waals surface area contributed by atoms with Gasteiger partial charge in [0.2, 0.25) is 11.8 Å². The highest BCUT2D eigenvalue weighted by Gasteiger charge is 2.07. The standard InChI is InChI=1S/C16H18FN5O2/c1-11-8-15(20-16(19-11)22(2)3)24-10-14(23)21-18-9-12-6-4-5-7-13(12)17/h4-9H,10H2,1-3H3,(H,21,23). The summed E-state index contributed by atoms with van der Waals surface area (Å²) >= 11 is 0. The second kappa shape index (κ2) is 8.00. The fraction of sp³-hybridized carbons (Fsp3) is 0.250. The minimum atomic E-state index is -0.481. The van der Waals surface area contributed by atoms with E-state index in [1.165, 1.54) is 12.3 Å². The second-order valence-electron chi connectivity index (χ2n) is 5.15. The maximum Gasteiger partial charge on any atom is 0.278 e. The number of hydrazone groups is 1. The number of hydrogen-bond acceptors (Lipinski definition) is 6. The van der Waals surface area contributed by atoms with E-state index in [-0.39, 0.29) is 12.2 Å². The predicted molar refractivity (Wildman–Crippen MR) is 88.7 cm³/mol. The van der Waals surface area contributed by atoms with E-state index < -0.39 is 11.7 Å². The number of hydrogen-bond donors (Lipinski definition) is 1. The second-order valence-corrected chi connectivity index (χ2v) is 5.15. The molecule has 0 fully saturated rings. The van der Waals surface area contributed by atoms with Crippen molar-refractivity contribution in [2.24, 2.45) is 5.10 Å². The van der Waals surface area contributed by atoms with Gasteiger partial charge in [0.1, 0.15) is 5.82 Å². The zero-order valence-electron chi connectivity index (χ0n) is 13.7. The van der Waals surface area contributed by atoms with Crippen molar-refractivity contribution in [2.45, 2.75) is 6.92 Å². The summed E-state index contributed by atoms with van der Waals surface area (Å²) in [5, 5.41) is 3.69. The lowest BCUT2D eigenvalue weighted by atomic mass is 10.2. The SMILES string of the molecule is Cc1cc(OCC(=O)NN=Cc2ccccc2F)nc(N(C)C)n1. The number of amides is 1. The lowest BCUT2D eigenvalue weighted by molar-refractivity contribution is -0.123. The summed E-state index contributed by atoms with van der Waals surface area (Å²) < 4.78 is 18.7. The Bertz CT molecular complexity index is 749. The van der Waals surface area contributed by atoms with Gasteiger partial charge in [-0.05, 0) is 13.0 Å². The van der Waals surface area contributed by atoms with Crippen LogP contribution in [-0.2, 0) is 4.79 Å². The van der Waals surface area contributed by atoms with Gasteiger partial charge in [0, 0.05) is 31.4 Å². The van der Waals surface area contributed by atoms with Gasteiger partial charge in [0.15, 0.2) is 6.61 Å². The van der Waals surface area contributed by atoms with E-state index in [1.54, 1.807) is 36.1 Å². The van der Waals surface area contributed by atoms with Crippen LogP contribution in [0, 0.1) is 12.7 Å². The average Bonchev–Trinajstić information content (AvgIpc) is 2.54. The van der Waals surface area contributed by atoms with Crippen molar-refractivity contribution in [2.75, 3.05) is 25.6 Å². The van der Waals surface area contributed by atoms with Crippen LogP contribution in [0.2, 0.25) is 0 Å². The first-order valence-corrected chi connectivity index (χ1v) is 7.18. The Kier molecular flexibility index (Phi) is 5.78. The van der Waals surface area contributed by atoms with E-state index in [1.807, 2.05) is 14.1 Å². The van der Waals surface area contributed by atoms with Gasteiger partial charge >= 0.3 is 0 Å². The molecule has 2 aromatic rings. The van der Waals surface area contributed by atoms with Crippen LogP contribution >= 0.6 is 0 Å². The Labute approximate surface area is 139 Å². The molecule has 0 aliphatic carbocycles. The highest BCUT2D eigenvalue weighted by Crippen LogP contribution is 2.13. The summed E-state index contributed by atoms with van der Waals surface area (Å²) in [7, 11) is 3.62. The minimum absolute atomic E-state index is 0.266. The largest absolute Gasteiger partial charge is 0.467 e. The number of ether oxygens (including phenoxy) is 1. The molecule has 0 radical (unpaired) electrons. The van der Waals surface area contributed by atoms with Gasteiger partial charge < -0.3 is 9.64 Å². The molecule has 0 saturated carbocycles. The van der Waals surface area contributed by atoms with Crippen LogP contribution in [0.5, 0.6) is 5.88 Å². The van der Waals surface area contributed by atoms with Crippen LogP contribution in [0.3, 0.4) is 0 Å². The lowest BCUT2D eigenvalue weighted by Crippen LogP contribution is -2.25. The molecule has 0 atom stereocenters. The molecule has 1 N–H and O–H groups in total. The molecule has 1 aromatic heterocycles. The molecular weight excluding hydrogens is 313 g/mol. The molecule has 1 amide bonds. The molecule has 0 unspecified atom stereocenters. The van der Waals surface area contributed by atoms with E-state index in [0.29, 0.717) is 11.8 Å². The van der Waals surface area contributed by atoms with Crippen LogP contribution in [0.1, 0.15) is 11.3 Å². The van der Waals surface area contributed by atoms with Crippen molar-refractivity contribution in [3.63, 3.8) is 0 Å². The van der Waals surface area contributed by atoms with Gasteiger partial charge in [-0.2, -0.15) is 10.1 Å². The number of benzene rings is 1. The third kappa shape index (κ3) is 5.01. The first-order chi connectivity index (χ1) is 11.5. The lowest BCUT2D eigenvalue weighted by Gasteiger charge is -2.12. The number of nitrogens with one attached hydrogen (secondary N) is 1. The van der Waals surface area contributed by atoms with Crippen molar-refractivity contribution < 1.29 is 13.9 Å². The van der Waals surface area contributed by atoms with Crippen LogP contribution < -0.4 is 15.1 Å². The average molecular weight is 331 g/mol. The van der Waals surface area contributed by atoms with Gasteiger partial charge in [-0.1, -0.05) is 18.2 Å². The molecule has 7 nitrogen and oxygen atoms in total. The van der Waals surface area contributed by atoms with Crippen molar-refractivity contribution in [3.8, 4) is 5.88 Å². The van der Waals surface area contributed by atoms with Gasteiger partial charge in [-0.3, -0.25) is 4.79 Å². The number of carbonyl (C=O) groups is 1. The minimum Gasteiger partial charge on any atom is -0.467 e. The van der Waals surface area contributed by atoms with E-state index in [4.69, 9.17) is 4.74 Å². The molecule has 24 heavy (non-hydrogen) atoms. The Morgan fingerprint density at radius 2 is 2.12 bits per heavy atom. The van der Waals surface area contributed by atoms with Crippen molar-refractivity contribution in [3.05, 3.63) is 47.4 Å². The molecule has 126 valence electrons. The van der Waals surface area contributed by atoms with Crippen LogP contribution in [0.15, 0.2) is 35.4 Å². The molecule has 8 heteroatoms. The Morgan fingerprint density at radius 1 is 1.38 bits per heavy atom. The number of nitrogens with zero attached hydrogens (tertiary/aromatic N) is 4. The molecule has 1 heterocycles. The summed E-state index contributed by atoms with van der Waals surface area (Å²) in [6.45, 7) is 1.54. The number of anilines is 1. The van der Waals surface area contributed by atoms with Crippen molar-refractivity contribution in [1.82, 2.24) is 15.4 Å². The van der Waals surface area contributed by atoms with Crippen LogP contribution in [0.4, 0.5) is 10.3 Å². The summed E-state index contributed by atoms with van der Waals surface area (Å²) in [6.07, 6.45) is 1.23. The summed E-state index contributed by atoms with van der Waals surface area (Å²) in [6, 6.07) is 7.74. The number of halogens is 1. The molecule has 0 spiro atoms. The molecule has 0 aliphatic heterocycles. The van der Waals surface area contributed by atoms with Gasteiger partial charge in [0.05, 0.1) is 6.21 Å². The Balaban J connectivity index is 1.88. The van der Waals surface area contributed by atoms with Crippen molar-refractivity contribution >= 4 is 18.1 Å². The molecule has 0 aliphatic rings. The maximum absolute atomic E-state index is 13.4. The fourth-order valence-corrected chi connectivity index (χ4v) is 1.72.